The minimum atomic E-state index is -0.862. The van der Waals surface area contributed by atoms with Crippen molar-refractivity contribution < 1.29 is 14.4 Å². The van der Waals surface area contributed by atoms with Gasteiger partial charge in [0.05, 0.1) is 0 Å². The van der Waals surface area contributed by atoms with Crippen LogP contribution in [0.1, 0.15) is 25.3 Å². The largest absolute Gasteiger partial charge is 0.340 e. The summed E-state index contributed by atoms with van der Waals surface area (Å²) in [6.07, 6.45) is 1.85. The fourth-order valence-corrected chi connectivity index (χ4v) is 3.22. The van der Waals surface area contributed by atoms with Crippen LogP contribution in [0.3, 0.4) is 0 Å². The van der Waals surface area contributed by atoms with Crippen molar-refractivity contribution in [2.45, 2.75) is 31.8 Å². The van der Waals surface area contributed by atoms with Crippen LogP contribution in [0.25, 0.3) is 0 Å². The summed E-state index contributed by atoms with van der Waals surface area (Å²) in [5, 5.41) is 3.32. The Labute approximate surface area is 145 Å². The van der Waals surface area contributed by atoms with E-state index in [1.807, 2.05) is 18.2 Å². The normalized spacial score (nSPS) is 23.4. The average Bonchev–Trinajstić information content (AvgIpc) is 3.35. The molecule has 1 aromatic carbocycles. The number of hydrogen-bond donors (Lipinski definition) is 1. The summed E-state index contributed by atoms with van der Waals surface area (Å²) in [5.41, 5.74) is -0.0476. The summed E-state index contributed by atoms with van der Waals surface area (Å²) in [6, 6.07) is 6.77. The second-order valence-corrected chi connectivity index (χ2v) is 7.05. The molecule has 1 N–H and O–H groups in total. The number of carbonyl (C=O) groups excluding carboxylic acids is 3. The number of amides is 4. The number of imide groups is 1. The molecule has 1 saturated heterocycles. The maximum absolute atomic E-state index is 12.5. The highest BCUT2D eigenvalue weighted by molar-refractivity contribution is 6.31. The lowest BCUT2D eigenvalue weighted by Gasteiger charge is -2.23. The van der Waals surface area contributed by atoms with Gasteiger partial charge in [-0.3, -0.25) is 14.5 Å². The molecule has 1 aliphatic heterocycles. The van der Waals surface area contributed by atoms with Gasteiger partial charge in [-0.1, -0.05) is 29.8 Å². The van der Waals surface area contributed by atoms with E-state index < -0.39 is 11.6 Å². The first kappa shape index (κ1) is 16.8. The quantitative estimate of drug-likeness (QED) is 0.827. The number of nitrogens with one attached hydrogen (secondary N) is 1. The van der Waals surface area contributed by atoms with E-state index in [9.17, 15) is 14.4 Å². The van der Waals surface area contributed by atoms with Crippen LogP contribution in [0, 0.1) is 5.92 Å². The van der Waals surface area contributed by atoms with Crippen LogP contribution in [-0.2, 0) is 16.1 Å². The molecule has 128 valence electrons. The van der Waals surface area contributed by atoms with Crippen LogP contribution in [0.4, 0.5) is 4.79 Å². The Balaban J connectivity index is 1.65. The zero-order chi connectivity index (χ0) is 17.5. The van der Waals surface area contributed by atoms with E-state index >= 15 is 0 Å². The topological polar surface area (TPSA) is 69.7 Å². The van der Waals surface area contributed by atoms with Gasteiger partial charge < -0.3 is 10.2 Å². The number of rotatable bonds is 5. The van der Waals surface area contributed by atoms with Gasteiger partial charge in [0.2, 0.25) is 5.91 Å². The molecule has 1 unspecified atom stereocenters. The predicted molar refractivity (Wildman–Crippen MR) is 89.3 cm³/mol. The number of nitrogens with zero attached hydrogens (tertiary/aromatic N) is 2. The Bertz CT molecular complexity index is 704. The molecule has 0 spiro atoms. The van der Waals surface area contributed by atoms with Gasteiger partial charge in [-0.2, -0.15) is 0 Å². The van der Waals surface area contributed by atoms with Crippen molar-refractivity contribution in [2.24, 2.45) is 5.92 Å². The zero-order valence-electron chi connectivity index (χ0n) is 13.7. The molecule has 6 nitrogen and oxygen atoms in total. The minimum absolute atomic E-state index is 0.176. The maximum atomic E-state index is 12.5. The van der Waals surface area contributed by atoms with Crippen molar-refractivity contribution in [3.05, 3.63) is 34.9 Å². The van der Waals surface area contributed by atoms with E-state index in [1.165, 1.54) is 4.90 Å². The highest BCUT2D eigenvalue weighted by Gasteiger charge is 2.56. The SMILES string of the molecule is CN(Cc1ccccc1Cl)C(=O)CN1C(=O)NC(C)(C2CC2)C1=O. The Hall–Kier alpha value is -2.08. The van der Waals surface area contributed by atoms with Gasteiger partial charge in [0.1, 0.15) is 12.1 Å². The van der Waals surface area contributed by atoms with Gasteiger partial charge in [-0.25, -0.2) is 4.79 Å². The third kappa shape index (κ3) is 2.98. The van der Waals surface area contributed by atoms with E-state index in [-0.39, 0.29) is 24.3 Å². The third-order valence-corrected chi connectivity index (χ3v) is 5.15. The molecule has 1 atom stereocenters. The summed E-state index contributed by atoms with van der Waals surface area (Å²) < 4.78 is 0. The fraction of sp³-hybridized carbons (Fsp3) is 0.471. The monoisotopic (exact) mass is 349 g/mol. The summed E-state index contributed by atoms with van der Waals surface area (Å²) in [4.78, 5) is 39.5. The molecule has 2 fully saturated rings. The van der Waals surface area contributed by atoms with Crippen molar-refractivity contribution in [3.8, 4) is 0 Å². The Kier molecular flexibility index (Phi) is 4.25. The zero-order valence-corrected chi connectivity index (χ0v) is 14.5. The molecule has 1 heterocycles. The van der Waals surface area contributed by atoms with E-state index in [4.69, 9.17) is 11.6 Å². The standard InChI is InChI=1S/C17H20ClN3O3/c1-17(12-7-8-12)15(23)21(16(24)19-17)10-14(22)20(2)9-11-5-3-4-6-13(11)18/h3-6,12H,7-10H2,1-2H3,(H,19,24). The van der Waals surface area contributed by atoms with Gasteiger partial charge in [0.15, 0.2) is 0 Å². The highest BCUT2D eigenvalue weighted by Crippen LogP contribution is 2.42. The lowest BCUT2D eigenvalue weighted by atomic mass is 9.96. The number of benzene rings is 1. The summed E-state index contributed by atoms with van der Waals surface area (Å²) in [7, 11) is 1.63. The predicted octanol–water partition coefficient (Wildman–Crippen LogP) is 2.02. The van der Waals surface area contributed by atoms with Crippen LogP contribution < -0.4 is 5.32 Å². The molecule has 0 radical (unpaired) electrons. The molecule has 1 saturated carbocycles. The fourth-order valence-electron chi connectivity index (χ4n) is 3.02. The number of hydrogen-bond acceptors (Lipinski definition) is 3. The number of likely N-dealkylation sites (N-methyl/N-ethyl adjacent to an activating group) is 1. The second-order valence-electron chi connectivity index (χ2n) is 6.64. The summed E-state index contributed by atoms with van der Waals surface area (Å²) in [6.45, 7) is 1.80. The molecule has 24 heavy (non-hydrogen) atoms. The summed E-state index contributed by atoms with van der Waals surface area (Å²) in [5.74, 6) is -0.442. The molecular formula is C17H20ClN3O3. The van der Waals surface area contributed by atoms with Crippen molar-refractivity contribution >= 4 is 29.4 Å². The van der Waals surface area contributed by atoms with Gasteiger partial charge in [-0.05, 0) is 37.3 Å². The van der Waals surface area contributed by atoms with E-state index in [0.29, 0.717) is 11.6 Å². The number of halogens is 1. The van der Waals surface area contributed by atoms with Gasteiger partial charge in [-0.15, -0.1) is 0 Å². The van der Waals surface area contributed by atoms with E-state index in [0.717, 1.165) is 23.3 Å². The lowest BCUT2D eigenvalue weighted by molar-refractivity contribution is -0.138. The third-order valence-electron chi connectivity index (χ3n) is 4.78. The van der Waals surface area contributed by atoms with Crippen LogP contribution in [0.2, 0.25) is 5.02 Å². The van der Waals surface area contributed by atoms with E-state index in [2.05, 4.69) is 5.32 Å². The molecular weight excluding hydrogens is 330 g/mol. The van der Waals surface area contributed by atoms with Crippen LogP contribution in [0.15, 0.2) is 24.3 Å². The Morgan fingerprint density at radius 2 is 2.04 bits per heavy atom. The van der Waals surface area contributed by atoms with Gasteiger partial charge in [0.25, 0.3) is 5.91 Å². The number of urea groups is 1. The molecule has 1 aromatic rings. The Morgan fingerprint density at radius 1 is 1.38 bits per heavy atom. The average molecular weight is 350 g/mol. The van der Waals surface area contributed by atoms with Crippen molar-refractivity contribution in [1.29, 1.82) is 0 Å². The molecule has 0 aromatic heterocycles. The highest BCUT2D eigenvalue weighted by atomic mass is 35.5. The summed E-state index contributed by atoms with van der Waals surface area (Å²) >= 11 is 6.10. The molecule has 3 rings (SSSR count). The first-order valence-electron chi connectivity index (χ1n) is 7.94. The molecule has 0 bridgehead atoms. The van der Waals surface area contributed by atoms with E-state index in [1.54, 1.807) is 20.0 Å². The molecule has 2 aliphatic rings. The Morgan fingerprint density at radius 3 is 2.67 bits per heavy atom. The van der Waals surface area contributed by atoms with Crippen LogP contribution in [0.5, 0.6) is 0 Å². The molecule has 4 amide bonds. The van der Waals surface area contributed by atoms with Gasteiger partial charge in [0, 0.05) is 18.6 Å². The van der Waals surface area contributed by atoms with Crippen molar-refractivity contribution in [2.75, 3.05) is 13.6 Å². The first-order chi connectivity index (χ1) is 11.3. The second kappa shape index (κ2) is 6.09. The minimum Gasteiger partial charge on any atom is -0.340 e. The van der Waals surface area contributed by atoms with Crippen molar-refractivity contribution in [3.63, 3.8) is 0 Å². The van der Waals surface area contributed by atoms with Crippen LogP contribution >= 0.6 is 11.6 Å². The van der Waals surface area contributed by atoms with Crippen molar-refractivity contribution in [1.82, 2.24) is 15.1 Å². The smallest absolute Gasteiger partial charge is 0.325 e. The van der Waals surface area contributed by atoms with Crippen LogP contribution in [-0.4, -0.2) is 46.8 Å². The molecule has 1 aliphatic carbocycles. The lowest BCUT2D eigenvalue weighted by Crippen LogP contribution is -2.47. The first-order valence-corrected chi connectivity index (χ1v) is 8.32. The molecule has 7 heteroatoms. The maximum Gasteiger partial charge on any atom is 0.325 e. The number of carbonyl (C=O) groups is 3. The van der Waals surface area contributed by atoms with Gasteiger partial charge >= 0.3 is 6.03 Å².